The van der Waals surface area contributed by atoms with Crippen molar-refractivity contribution in [3.63, 3.8) is 0 Å². The summed E-state index contributed by atoms with van der Waals surface area (Å²) in [5.74, 6) is 0.453. The number of halogens is 1. The van der Waals surface area contributed by atoms with Gasteiger partial charge >= 0.3 is 0 Å². The van der Waals surface area contributed by atoms with Gasteiger partial charge in [0.1, 0.15) is 5.82 Å². The zero-order valence-corrected chi connectivity index (χ0v) is 10.7. The van der Waals surface area contributed by atoms with Crippen LogP contribution < -0.4 is 10.6 Å². The third kappa shape index (κ3) is 2.01. The summed E-state index contributed by atoms with van der Waals surface area (Å²) >= 11 is 0. The van der Waals surface area contributed by atoms with Gasteiger partial charge in [0, 0.05) is 18.3 Å². The van der Waals surface area contributed by atoms with Crippen molar-refractivity contribution in [3.05, 3.63) is 29.6 Å². The second-order valence-corrected chi connectivity index (χ2v) is 5.56. The molecule has 1 aliphatic heterocycles. The first kappa shape index (κ1) is 12.0. The van der Waals surface area contributed by atoms with Crippen molar-refractivity contribution in [2.24, 2.45) is 11.7 Å². The van der Waals surface area contributed by atoms with E-state index in [0.29, 0.717) is 12.0 Å². The van der Waals surface area contributed by atoms with Crippen molar-refractivity contribution in [2.75, 3.05) is 18.0 Å². The van der Waals surface area contributed by atoms with Crippen LogP contribution in [-0.2, 0) is 6.42 Å². The monoisotopic (exact) mass is 248 g/mol. The van der Waals surface area contributed by atoms with E-state index >= 15 is 0 Å². The van der Waals surface area contributed by atoms with Crippen LogP contribution in [0.2, 0.25) is 0 Å². The second kappa shape index (κ2) is 4.88. The maximum absolute atomic E-state index is 13.4. The Hall–Kier alpha value is -1.09. The SMILES string of the molecule is NCC1CCCCC1N1CCc2ccc(F)cc21. The highest BCUT2D eigenvalue weighted by Gasteiger charge is 2.32. The lowest BCUT2D eigenvalue weighted by molar-refractivity contribution is 0.302. The van der Waals surface area contributed by atoms with Crippen LogP contribution in [0.5, 0.6) is 0 Å². The molecule has 0 aromatic heterocycles. The third-order valence-corrected chi connectivity index (χ3v) is 4.55. The van der Waals surface area contributed by atoms with Crippen LogP contribution in [0.4, 0.5) is 10.1 Å². The molecular formula is C15H21FN2. The molecule has 3 heteroatoms. The minimum Gasteiger partial charge on any atom is -0.368 e. The van der Waals surface area contributed by atoms with E-state index < -0.39 is 0 Å². The lowest BCUT2D eigenvalue weighted by Crippen LogP contribution is -2.44. The van der Waals surface area contributed by atoms with E-state index in [4.69, 9.17) is 5.73 Å². The fourth-order valence-electron chi connectivity index (χ4n) is 3.59. The molecule has 0 bridgehead atoms. The van der Waals surface area contributed by atoms with Crippen molar-refractivity contribution in [1.82, 2.24) is 0 Å². The number of hydrogen-bond donors (Lipinski definition) is 1. The first-order valence-electron chi connectivity index (χ1n) is 7.04. The average molecular weight is 248 g/mol. The number of anilines is 1. The first-order chi connectivity index (χ1) is 8.79. The molecule has 1 heterocycles. The van der Waals surface area contributed by atoms with Gasteiger partial charge in [0.05, 0.1) is 0 Å². The molecule has 0 amide bonds. The van der Waals surface area contributed by atoms with E-state index in [9.17, 15) is 4.39 Å². The number of benzene rings is 1. The van der Waals surface area contributed by atoms with Gasteiger partial charge in [0.15, 0.2) is 0 Å². The molecule has 0 spiro atoms. The molecule has 2 unspecified atom stereocenters. The minimum absolute atomic E-state index is 0.124. The Morgan fingerprint density at radius 3 is 2.94 bits per heavy atom. The van der Waals surface area contributed by atoms with Gasteiger partial charge in [-0.1, -0.05) is 18.9 Å². The van der Waals surface area contributed by atoms with Crippen LogP contribution >= 0.6 is 0 Å². The first-order valence-corrected chi connectivity index (χ1v) is 7.04. The maximum atomic E-state index is 13.4. The van der Waals surface area contributed by atoms with Crippen LogP contribution in [0.1, 0.15) is 31.2 Å². The Morgan fingerprint density at radius 1 is 1.28 bits per heavy atom. The maximum Gasteiger partial charge on any atom is 0.125 e. The summed E-state index contributed by atoms with van der Waals surface area (Å²) in [5, 5.41) is 0. The molecule has 1 aromatic carbocycles. The number of fused-ring (bicyclic) bond motifs is 1. The lowest BCUT2D eigenvalue weighted by Gasteiger charge is -2.39. The molecule has 0 saturated heterocycles. The molecule has 2 aliphatic rings. The Labute approximate surface area is 108 Å². The molecule has 18 heavy (non-hydrogen) atoms. The molecule has 1 aromatic rings. The highest BCUT2D eigenvalue weighted by atomic mass is 19.1. The van der Waals surface area contributed by atoms with Gasteiger partial charge in [-0.25, -0.2) is 4.39 Å². The highest BCUT2D eigenvalue weighted by Crippen LogP contribution is 2.36. The van der Waals surface area contributed by atoms with E-state index in [0.717, 1.165) is 25.2 Å². The number of rotatable bonds is 2. The van der Waals surface area contributed by atoms with Crippen LogP contribution in [0.15, 0.2) is 18.2 Å². The predicted octanol–water partition coefficient (Wildman–Crippen LogP) is 2.71. The summed E-state index contributed by atoms with van der Waals surface area (Å²) < 4.78 is 13.4. The van der Waals surface area contributed by atoms with Crippen molar-refractivity contribution in [2.45, 2.75) is 38.1 Å². The van der Waals surface area contributed by atoms with Crippen LogP contribution in [0.25, 0.3) is 0 Å². The third-order valence-electron chi connectivity index (χ3n) is 4.55. The standard InChI is InChI=1S/C15H21FN2/c16-13-6-5-11-7-8-18(15(11)9-13)14-4-2-1-3-12(14)10-17/h5-6,9,12,14H,1-4,7-8,10,17H2. The molecule has 0 radical (unpaired) electrons. The molecule has 2 nitrogen and oxygen atoms in total. The zero-order chi connectivity index (χ0) is 12.5. The number of nitrogens with two attached hydrogens (primary N) is 1. The molecule has 2 atom stereocenters. The van der Waals surface area contributed by atoms with E-state index in [1.165, 1.54) is 31.2 Å². The normalized spacial score (nSPS) is 27.3. The second-order valence-electron chi connectivity index (χ2n) is 5.56. The molecular weight excluding hydrogens is 227 g/mol. The Morgan fingerprint density at radius 2 is 2.11 bits per heavy atom. The van der Waals surface area contributed by atoms with E-state index in [1.807, 2.05) is 6.07 Å². The summed E-state index contributed by atoms with van der Waals surface area (Å²) in [6, 6.07) is 5.73. The predicted molar refractivity (Wildman–Crippen MR) is 72.3 cm³/mol. The summed E-state index contributed by atoms with van der Waals surface area (Å²) in [4.78, 5) is 2.41. The minimum atomic E-state index is -0.124. The molecule has 1 saturated carbocycles. The highest BCUT2D eigenvalue weighted by molar-refractivity contribution is 5.59. The Kier molecular flexibility index (Phi) is 3.25. The zero-order valence-electron chi connectivity index (χ0n) is 10.7. The molecule has 1 fully saturated rings. The van der Waals surface area contributed by atoms with Gasteiger partial charge in [-0.2, -0.15) is 0 Å². The summed E-state index contributed by atoms with van der Waals surface area (Å²) in [6.45, 7) is 1.78. The van der Waals surface area contributed by atoms with Crippen molar-refractivity contribution in [1.29, 1.82) is 0 Å². The van der Waals surface area contributed by atoms with Crippen LogP contribution in [-0.4, -0.2) is 19.1 Å². The molecule has 3 rings (SSSR count). The quantitative estimate of drug-likeness (QED) is 0.872. The fraction of sp³-hybridized carbons (Fsp3) is 0.600. The smallest absolute Gasteiger partial charge is 0.125 e. The van der Waals surface area contributed by atoms with Crippen LogP contribution in [0, 0.1) is 11.7 Å². The van der Waals surface area contributed by atoms with Gasteiger partial charge in [-0.05, 0) is 49.4 Å². The summed E-state index contributed by atoms with van der Waals surface area (Å²) in [5.41, 5.74) is 8.31. The van der Waals surface area contributed by atoms with E-state index in [-0.39, 0.29) is 5.82 Å². The van der Waals surface area contributed by atoms with Crippen molar-refractivity contribution in [3.8, 4) is 0 Å². The Balaban J connectivity index is 1.88. The number of nitrogens with zero attached hydrogens (tertiary/aromatic N) is 1. The van der Waals surface area contributed by atoms with E-state index in [2.05, 4.69) is 4.90 Å². The largest absolute Gasteiger partial charge is 0.368 e. The van der Waals surface area contributed by atoms with Gasteiger partial charge in [-0.15, -0.1) is 0 Å². The van der Waals surface area contributed by atoms with Gasteiger partial charge in [-0.3, -0.25) is 0 Å². The molecule has 1 aliphatic carbocycles. The van der Waals surface area contributed by atoms with Crippen molar-refractivity contribution >= 4 is 5.69 Å². The van der Waals surface area contributed by atoms with Gasteiger partial charge < -0.3 is 10.6 Å². The van der Waals surface area contributed by atoms with E-state index in [1.54, 1.807) is 12.1 Å². The van der Waals surface area contributed by atoms with Crippen molar-refractivity contribution < 1.29 is 4.39 Å². The Bertz CT molecular complexity index is 433. The topological polar surface area (TPSA) is 29.3 Å². The molecule has 2 N–H and O–H groups in total. The summed E-state index contributed by atoms with van der Waals surface area (Å²) in [6.07, 6.45) is 6.05. The van der Waals surface area contributed by atoms with Crippen LogP contribution in [0.3, 0.4) is 0 Å². The average Bonchev–Trinajstić information content (AvgIpc) is 2.81. The molecule has 98 valence electrons. The number of hydrogen-bond acceptors (Lipinski definition) is 2. The van der Waals surface area contributed by atoms with Gasteiger partial charge in [0.25, 0.3) is 0 Å². The fourth-order valence-corrected chi connectivity index (χ4v) is 3.59. The summed E-state index contributed by atoms with van der Waals surface area (Å²) in [7, 11) is 0. The van der Waals surface area contributed by atoms with Gasteiger partial charge in [0.2, 0.25) is 0 Å². The lowest BCUT2D eigenvalue weighted by atomic mass is 9.83.